The molecule has 5 nitrogen and oxygen atoms in total. The Balaban J connectivity index is 1.86. The van der Waals surface area contributed by atoms with Crippen molar-refractivity contribution in [3.63, 3.8) is 0 Å². The van der Waals surface area contributed by atoms with Gasteiger partial charge in [-0.25, -0.2) is 4.68 Å². The molecule has 5 heteroatoms. The topological polar surface area (TPSA) is 55.6 Å². The average molecular weight is 167 g/mol. The van der Waals surface area contributed by atoms with Crippen LogP contribution < -0.4 is 5.32 Å². The highest BCUT2D eigenvalue weighted by molar-refractivity contribution is 4.68. The van der Waals surface area contributed by atoms with Gasteiger partial charge in [-0.2, -0.15) is 0 Å². The third kappa shape index (κ3) is 1.79. The molecule has 1 fully saturated rings. The molecule has 0 unspecified atom stereocenters. The van der Waals surface area contributed by atoms with Crippen molar-refractivity contribution in [1.82, 2.24) is 25.5 Å². The number of hydrogen-bond acceptors (Lipinski definition) is 4. The van der Waals surface area contributed by atoms with Gasteiger partial charge in [0.25, 0.3) is 0 Å². The van der Waals surface area contributed by atoms with Crippen LogP contribution in [0.5, 0.6) is 0 Å². The molecular weight excluding hydrogens is 154 g/mol. The lowest BCUT2D eigenvalue weighted by molar-refractivity contribution is 0.318. The zero-order valence-corrected chi connectivity index (χ0v) is 6.98. The van der Waals surface area contributed by atoms with Crippen molar-refractivity contribution in [2.24, 2.45) is 5.92 Å². The highest BCUT2D eigenvalue weighted by Gasteiger charge is 2.13. The molecule has 2 heterocycles. The minimum Gasteiger partial charge on any atom is -0.317 e. The fraction of sp³-hybridized carbons (Fsp3) is 0.857. The molecule has 0 aliphatic carbocycles. The number of rotatable bonds is 2. The van der Waals surface area contributed by atoms with Crippen molar-refractivity contribution < 1.29 is 0 Å². The Morgan fingerprint density at radius 3 is 2.92 bits per heavy atom. The van der Waals surface area contributed by atoms with Gasteiger partial charge in [-0.15, -0.1) is 5.10 Å². The van der Waals surface area contributed by atoms with Gasteiger partial charge >= 0.3 is 0 Å². The van der Waals surface area contributed by atoms with Gasteiger partial charge in [0.1, 0.15) is 6.33 Å². The zero-order chi connectivity index (χ0) is 8.23. The average Bonchev–Trinajstić information content (AvgIpc) is 2.59. The molecule has 1 aliphatic heterocycles. The Morgan fingerprint density at radius 2 is 2.25 bits per heavy atom. The quantitative estimate of drug-likeness (QED) is 0.655. The van der Waals surface area contributed by atoms with Gasteiger partial charge in [0, 0.05) is 6.54 Å². The maximum Gasteiger partial charge on any atom is 0.138 e. The second-order valence-electron chi connectivity index (χ2n) is 3.23. The fourth-order valence-electron chi connectivity index (χ4n) is 1.59. The van der Waals surface area contributed by atoms with E-state index in [0.717, 1.165) is 25.6 Å². The van der Waals surface area contributed by atoms with Gasteiger partial charge in [-0.3, -0.25) is 0 Å². The van der Waals surface area contributed by atoms with Crippen LogP contribution in [0.3, 0.4) is 0 Å². The molecule has 0 amide bonds. The Bertz CT molecular complexity index is 214. The Hall–Kier alpha value is -0.970. The summed E-state index contributed by atoms with van der Waals surface area (Å²) < 4.78 is 1.82. The van der Waals surface area contributed by atoms with Crippen LogP contribution in [0, 0.1) is 5.92 Å². The molecule has 1 aliphatic rings. The normalized spacial score (nSPS) is 19.7. The molecule has 66 valence electrons. The van der Waals surface area contributed by atoms with Gasteiger partial charge in [-0.1, -0.05) is 0 Å². The molecule has 0 radical (unpaired) electrons. The molecule has 2 rings (SSSR count). The lowest BCUT2D eigenvalue weighted by atomic mass is 9.98. The first-order valence-electron chi connectivity index (χ1n) is 4.36. The SMILES string of the molecule is c1nnnn1CC1CCNCC1. The van der Waals surface area contributed by atoms with E-state index < -0.39 is 0 Å². The summed E-state index contributed by atoms with van der Waals surface area (Å²) in [5, 5.41) is 14.4. The van der Waals surface area contributed by atoms with Crippen LogP contribution in [0.1, 0.15) is 12.8 Å². The first-order valence-corrected chi connectivity index (χ1v) is 4.36. The van der Waals surface area contributed by atoms with Crippen LogP contribution in [-0.4, -0.2) is 33.3 Å². The maximum atomic E-state index is 3.85. The van der Waals surface area contributed by atoms with E-state index in [1.807, 2.05) is 4.68 Å². The zero-order valence-electron chi connectivity index (χ0n) is 6.98. The minimum absolute atomic E-state index is 0.745. The molecule has 0 saturated carbocycles. The Kier molecular flexibility index (Phi) is 2.31. The fourth-order valence-corrected chi connectivity index (χ4v) is 1.59. The summed E-state index contributed by atoms with van der Waals surface area (Å²) in [5.74, 6) is 0.745. The standard InChI is InChI=1S/C7H13N5/c1-3-8-4-2-7(1)5-12-6-9-10-11-12/h6-8H,1-5H2. The molecule has 1 aromatic heterocycles. The smallest absolute Gasteiger partial charge is 0.138 e. The van der Waals surface area contributed by atoms with Crippen molar-refractivity contribution in [3.05, 3.63) is 6.33 Å². The highest BCUT2D eigenvalue weighted by atomic mass is 15.5. The van der Waals surface area contributed by atoms with E-state index in [1.54, 1.807) is 6.33 Å². The van der Waals surface area contributed by atoms with Crippen molar-refractivity contribution >= 4 is 0 Å². The molecule has 0 aromatic carbocycles. The van der Waals surface area contributed by atoms with Crippen LogP contribution >= 0.6 is 0 Å². The van der Waals surface area contributed by atoms with Crippen molar-refractivity contribution in [2.75, 3.05) is 13.1 Å². The number of nitrogens with one attached hydrogen (secondary N) is 1. The first-order chi connectivity index (χ1) is 5.95. The predicted octanol–water partition coefficient (Wildman–Crippen LogP) is -0.327. The van der Waals surface area contributed by atoms with Gasteiger partial charge in [-0.05, 0) is 42.3 Å². The third-order valence-corrected chi connectivity index (χ3v) is 2.30. The van der Waals surface area contributed by atoms with E-state index in [4.69, 9.17) is 0 Å². The summed E-state index contributed by atoms with van der Waals surface area (Å²) in [7, 11) is 0. The molecule has 1 N–H and O–H groups in total. The molecule has 1 saturated heterocycles. The summed E-state index contributed by atoms with van der Waals surface area (Å²) in [6.07, 6.45) is 4.15. The molecule has 0 spiro atoms. The van der Waals surface area contributed by atoms with E-state index in [1.165, 1.54) is 12.8 Å². The van der Waals surface area contributed by atoms with Crippen molar-refractivity contribution in [1.29, 1.82) is 0 Å². The molecular formula is C7H13N5. The van der Waals surface area contributed by atoms with E-state index >= 15 is 0 Å². The molecule has 12 heavy (non-hydrogen) atoms. The van der Waals surface area contributed by atoms with Crippen molar-refractivity contribution in [3.8, 4) is 0 Å². The number of hydrogen-bond donors (Lipinski definition) is 1. The number of aromatic nitrogens is 4. The van der Waals surface area contributed by atoms with Gasteiger partial charge in [0.2, 0.25) is 0 Å². The van der Waals surface area contributed by atoms with Crippen LogP contribution in [-0.2, 0) is 6.54 Å². The number of tetrazole rings is 1. The van der Waals surface area contributed by atoms with E-state index in [2.05, 4.69) is 20.8 Å². The first kappa shape index (κ1) is 7.67. The maximum absolute atomic E-state index is 3.85. The molecule has 1 aromatic rings. The Labute approximate surface area is 71.1 Å². The van der Waals surface area contributed by atoms with Gasteiger partial charge in [0.15, 0.2) is 0 Å². The lowest BCUT2D eigenvalue weighted by Gasteiger charge is -2.21. The summed E-state index contributed by atoms with van der Waals surface area (Å²) in [5.41, 5.74) is 0. The Morgan fingerprint density at radius 1 is 1.42 bits per heavy atom. The lowest BCUT2D eigenvalue weighted by Crippen LogP contribution is -2.30. The third-order valence-electron chi connectivity index (χ3n) is 2.30. The molecule has 0 bridgehead atoms. The monoisotopic (exact) mass is 167 g/mol. The van der Waals surface area contributed by atoms with Crippen molar-refractivity contribution in [2.45, 2.75) is 19.4 Å². The molecule has 0 atom stereocenters. The number of piperidine rings is 1. The second kappa shape index (κ2) is 3.62. The highest BCUT2D eigenvalue weighted by Crippen LogP contribution is 2.12. The summed E-state index contributed by atoms with van der Waals surface area (Å²) in [4.78, 5) is 0. The van der Waals surface area contributed by atoms with Gasteiger partial charge < -0.3 is 5.32 Å². The summed E-state index contributed by atoms with van der Waals surface area (Å²) in [6.45, 7) is 3.23. The van der Waals surface area contributed by atoms with E-state index in [9.17, 15) is 0 Å². The number of nitrogens with zero attached hydrogens (tertiary/aromatic N) is 4. The van der Waals surface area contributed by atoms with E-state index in [-0.39, 0.29) is 0 Å². The summed E-state index contributed by atoms with van der Waals surface area (Å²) in [6, 6.07) is 0. The largest absolute Gasteiger partial charge is 0.317 e. The minimum atomic E-state index is 0.745. The van der Waals surface area contributed by atoms with Crippen LogP contribution in [0.4, 0.5) is 0 Å². The predicted molar refractivity (Wildman–Crippen MR) is 43.4 cm³/mol. The summed E-state index contributed by atoms with van der Waals surface area (Å²) >= 11 is 0. The second-order valence-corrected chi connectivity index (χ2v) is 3.23. The van der Waals surface area contributed by atoms with Crippen LogP contribution in [0.2, 0.25) is 0 Å². The van der Waals surface area contributed by atoms with Crippen LogP contribution in [0.25, 0.3) is 0 Å². The van der Waals surface area contributed by atoms with E-state index in [0.29, 0.717) is 0 Å². The van der Waals surface area contributed by atoms with Gasteiger partial charge in [0.05, 0.1) is 0 Å². The van der Waals surface area contributed by atoms with Crippen LogP contribution in [0.15, 0.2) is 6.33 Å².